The summed E-state index contributed by atoms with van der Waals surface area (Å²) in [6.45, 7) is 3.39. The Morgan fingerprint density at radius 1 is 1.28 bits per heavy atom. The van der Waals surface area contributed by atoms with Crippen molar-refractivity contribution < 1.29 is 18.7 Å². The highest BCUT2D eigenvalue weighted by Crippen LogP contribution is 2.28. The van der Waals surface area contributed by atoms with E-state index in [9.17, 15) is 4.79 Å². The molecule has 0 radical (unpaired) electrons. The minimum Gasteiger partial charge on any atom is -0.493 e. The average Bonchev–Trinajstić information content (AvgIpc) is 3.08. The molecule has 3 N–H and O–H groups in total. The van der Waals surface area contributed by atoms with E-state index in [4.69, 9.17) is 19.6 Å². The van der Waals surface area contributed by atoms with Crippen LogP contribution in [0.25, 0.3) is 0 Å². The zero-order valence-corrected chi connectivity index (χ0v) is 15.4. The Morgan fingerprint density at radius 3 is 2.72 bits per heavy atom. The first-order valence-electron chi connectivity index (χ1n) is 8.03. The zero-order valence-electron chi connectivity index (χ0n) is 14.5. The molecule has 0 saturated heterocycles. The lowest BCUT2D eigenvalue weighted by atomic mass is 10.1. The second-order valence-electron chi connectivity index (χ2n) is 5.28. The molecule has 1 aromatic heterocycles. The molecule has 7 heteroatoms. The molecule has 0 atom stereocenters. The van der Waals surface area contributed by atoms with Crippen molar-refractivity contribution in [2.45, 2.75) is 26.3 Å². The number of hydrogen-bond acceptors (Lipinski definition) is 5. The van der Waals surface area contributed by atoms with Crippen LogP contribution in [0.5, 0.6) is 11.5 Å². The maximum atomic E-state index is 12.0. The Morgan fingerprint density at radius 2 is 2.08 bits per heavy atom. The van der Waals surface area contributed by atoms with Crippen LogP contribution in [-0.2, 0) is 13.0 Å². The zero-order chi connectivity index (χ0) is 17.4. The number of halogens is 1. The Bertz CT molecular complexity index is 673. The summed E-state index contributed by atoms with van der Waals surface area (Å²) in [5.41, 5.74) is 7.10. The van der Waals surface area contributed by atoms with Crippen molar-refractivity contribution in [2.24, 2.45) is 5.73 Å². The second kappa shape index (κ2) is 10.6. The largest absolute Gasteiger partial charge is 0.493 e. The molecule has 2 aromatic rings. The molecule has 0 unspecified atom stereocenters. The van der Waals surface area contributed by atoms with E-state index in [0.717, 1.165) is 29.9 Å². The average molecular weight is 369 g/mol. The molecule has 138 valence electrons. The lowest BCUT2D eigenvalue weighted by molar-refractivity contribution is 0.0952. The number of nitrogens with one attached hydrogen (secondary N) is 1. The van der Waals surface area contributed by atoms with Gasteiger partial charge in [-0.25, -0.2) is 0 Å². The van der Waals surface area contributed by atoms with E-state index in [1.807, 2.05) is 25.1 Å². The number of hydrogen-bond donors (Lipinski definition) is 2. The summed E-state index contributed by atoms with van der Waals surface area (Å²) < 4.78 is 16.0. The van der Waals surface area contributed by atoms with Gasteiger partial charge in [-0.05, 0) is 43.5 Å². The van der Waals surface area contributed by atoms with Gasteiger partial charge >= 0.3 is 0 Å². The lowest BCUT2D eigenvalue weighted by Gasteiger charge is -2.11. The third-order valence-corrected chi connectivity index (χ3v) is 3.57. The van der Waals surface area contributed by atoms with Crippen LogP contribution in [0, 0.1) is 0 Å². The predicted octanol–water partition coefficient (Wildman–Crippen LogP) is 2.93. The molecule has 6 nitrogen and oxygen atoms in total. The summed E-state index contributed by atoms with van der Waals surface area (Å²) in [5, 5.41) is 2.87. The molecule has 1 heterocycles. The van der Waals surface area contributed by atoms with E-state index < -0.39 is 0 Å². The van der Waals surface area contributed by atoms with Crippen LogP contribution < -0.4 is 20.5 Å². The van der Waals surface area contributed by atoms with Gasteiger partial charge in [0, 0.05) is 6.54 Å². The predicted molar refractivity (Wildman–Crippen MR) is 98.7 cm³/mol. The topological polar surface area (TPSA) is 86.7 Å². The fraction of sp³-hybridized carbons (Fsp3) is 0.389. The molecular weight excluding hydrogens is 344 g/mol. The molecule has 0 fully saturated rings. The van der Waals surface area contributed by atoms with Crippen LogP contribution >= 0.6 is 12.4 Å². The molecule has 0 aliphatic carbocycles. The molecule has 0 spiro atoms. The Labute approximate surface area is 154 Å². The van der Waals surface area contributed by atoms with Gasteiger partial charge in [-0.1, -0.05) is 6.07 Å². The summed E-state index contributed by atoms with van der Waals surface area (Å²) >= 11 is 0. The number of furan rings is 1. The molecule has 2 rings (SSSR count). The summed E-state index contributed by atoms with van der Waals surface area (Å²) in [6.07, 6.45) is 3.09. The standard InChI is InChI=1S/C18H24N2O4.ClH/c1-3-23-17-9-13(6-7-16(17)22-2)5-4-8-20-18(21)14-10-15(11-19)24-12-14;/h6-7,9-10,12H,3-5,8,11,19H2,1-2H3,(H,20,21);1H. The number of carbonyl (C=O) groups is 1. The van der Waals surface area contributed by atoms with Crippen molar-refractivity contribution in [3.63, 3.8) is 0 Å². The SMILES string of the molecule is CCOc1cc(CCCNC(=O)c2coc(CN)c2)ccc1OC.Cl. The summed E-state index contributed by atoms with van der Waals surface area (Å²) in [6, 6.07) is 7.55. The van der Waals surface area contributed by atoms with Crippen LogP contribution in [-0.4, -0.2) is 26.2 Å². The summed E-state index contributed by atoms with van der Waals surface area (Å²) in [4.78, 5) is 12.0. The van der Waals surface area contributed by atoms with Gasteiger partial charge in [-0.15, -0.1) is 12.4 Å². The number of methoxy groups -OCH3 is 1. The summed E-state index contributed by atoms with van der Waals surface area (Å²) in [7, 11) is 1.62. The third-order valence-electron chi connectivity index (χ3n) is 3.57. The minimum atomic E-state index is -0.150. The van der Waals surface area contributed by atoms with Crippen molar-refractivity contribution >= 4 is 18.3 Å². The third kappa shape index (κ3) is 5.99. The molecule has 0 bridgehead atoms. The first-order valence-corrected chi connectivity index (χ1v) is 8.03. The van der Waals surface area contributed by atoms with E-state index in [1.165, 1.54) is 6.26 Å². The molecule has 1 amide bonds. The van der Waals surface area contributed by atoms with E-state index in [0.29, 0.717) is 24.5 Å². The van der Waals surface area contributed by atoms with Crippen molar-refractivity contribution in [1.29, 1.82) is 0 Å². The van der Waals surface area contributed by atoms with Crippen LogP contribution in [0.3, 0.4) is 0 Å². The summed E-state index contributed by atoms with van der Waals surface area (Å²) in [5.74, 6) is 1.92. The first kappa shape index (κ1) is 20.9. The Balaban J connectivity index is 0.00000312. The van der Waals surface area contributed by atoms with Crippen molar-refractivity contribution in [1.82, 2.24) is 5.32 Å². The fourth-order valence-electron chi connectivity index (χ4n) is 2.35. The Hall–Kier alpha value is -2.18. The molecule has 0 aliphatic rings. The number of ether oxygens (including phenoxy) is 2. The van der Waals surface area contributed by atoms with Gasteiger partial charge in [-0.3, -0.25) is 4.79 Å². The van der Waals surface area contributed by atoms with E-state index in [-0.39, 0.29) is 24.9 Å². The molecule has 0 aliphatic heterocycles. The van der Waals surface area contributed by atoms with Crippen molar-refractivity contribution in [3.05, 3.63) is 47.4 Å². The molecule has 25 heavy (non-hydrogen) atoms. The molecule has 0 saturated carbocycles. The number of rotatable bonds is 9. The quantitative estimate of drug-likeness (QED) is 0.664. The van der Waals surface area contributed by atoms with Gasteiger partial charge in [0.25, 0.3) is 5.91 Å². The maximum Gasteiger partial charge on any atom is 0.254 e. The van der Waals surface area contributed by atoms with E-state index in [2.05, 4.69) is 5.32 Å². The van der Waals surface area contributed by atoms with Gasteiger partial charge < -0.3 is 24.9 Å². The van der Waals surface area contributed by atoms with E-state index >= 15 is 0 Å². The Kier molecular flexibility index (Phi) is 8.88. The van der Waals surface area contributed by atoms with Crippen molar-refractivity contribution in [3.8, 4) is 11.5 Å². The van der Waals surface area contributed by atoms with Gasteiger partial charge in [0.15, 0.2) is 11.5 Å². The second-order valence-corrected chi connectivity index (χ2v) is 5.28. The van der Waals surface area contributed by atoms with E-state index in [1.54, 1.807) is 13.2 Å². The van der Waals surface area contributed by atoms with Crippen LogP contribution in [0.4, 0.5) is 0 Å². The number of carbonyl (C=O) groups excluding carboxylic acids is 1. The monoisotopic (exact) mass is 368 g/mol. The van der Waals surface area contributed by atoms with Gasteiger partial charge in [0.2, 0.25) is 0 Å². The van der Waals surface area contributed by atoms with Crippen LogP contribution in [0.1, 0.15) is 35.0 Å². The normalized spacial score (nSPS) is 10.0. The molecule has 1 aromatic carbocycles. The number of aryl methyl sites for hydroxylation is 1. The number of nitrogens with two attached hydrogens (primary N) is 1. The van der Waals surface area contributed by atoms with Gasteiger partial charge in [0.1, 0.15) is 12.0 Å². The number of benzene rings is 1. The fourth-order valence-corrected chi connectivity index (χ4v) is 2.35. The first-order chi connectivity index (χ1) is 11.7. The minimum absolute atomic E-state index is 0. The van der Waals surface area contributed by atoms with Gasteiger partial charge in [-0.2, -0.15) is 0 Å². The smallest absolute Gasteiger partial charge is 0.254 e. The number of amides is 1. The van der Waals surface area contributed by atoms with Crippen molar-refractivity contribution in [2.75, 3.05) is 20.3 Å². The van der Waals surface area contributed by atoms with Crippen LogP contribution in [0.2, 0.25) is 0 Å². The molecular formula is C18H25ClN2O4. The van der Waals surface area contributed by atoms with Crippen LogP contribution in [0.15, 0.2) is 34.9 Å². The van der Waals surface area contributed by atoms with Gasteiger partial charge in [0.05, 0.1) is 25.8 Å². The highest BCUT2D eigenvalue weighted by Gasteiger charge is 2.09. The lowest BCUT2D eigenvalue weighted by Crippen LogP contribution is -2.24. The highest BCUT2D eigenvalue weighted by atomic mass is 35.5. The maximum absolute atomic E-state index is 12.0. The highest BCUT2D eigenvalue weighted by molar-refractivity contribution is 5.93.